The zero-order valence-electron chi connectivity index (χ0n) is 11.9. The van der Waals surface area contributed by atoms with E-state index in [1.54, 1.807) is 16.8 Å². The van der Waals surface area contributed by atoms with Crippen LogP contribution in [0, 0.1) is 5.92 Å². The number of hydrogen-bond acceptors (Lipinski definition) is 3. The molecule has 1 N–H and O–H groups in total. The lowest BCUT2D eigenvalue weighted by Gasteiger charge is -2.13. The fourth-order valence-electron chi connectivity index (χ4n) is 2.22. The van der Waals surface area contributed by atoms with Gasteiger partial charge in [0.1, 0.15) is 12.2 Å². The van der Waals surface area contributed by atoms with Crippen molar-refractivity contribution in [2.75, 3.05) is 0 Å². The minimum atomic E-state index is -0.823. The van der Waals surface area contributed by atoms with Crippen LogP contribution in [0.3, 0.4) is 0 Å². The van der Waals surface area contributed by atoms with E-state index in [9.17, 15) is 9.90 Å². The fourth-order valence-corrected chi connectivity index (χ4v) is 2.34. The molecule has 0 aliphatic rings. The SMILES string of the molecule is CCCn1ncnc1CC(Cc1ccc(Cl)cc1)C(=O)O. The van der Waals surface area contributed by atoms with Crippen molar-refractivity contribution in [3.05, 3.63) is 47.0 Å². The topological polar surface area (TPSA) is 68.0 Å². The van der Waals surface area contributed by atoms with E-state index in [0.717, 1.165) is 24.4 Å². The van der Waals surface area contributed by atoms with Gasteiger partial charge < -0.3 is 5.11 Å². The molecule has 5 nitrogen and oxygen atoms in total. The maximum absolute atomic E-state index is 11.5. The highest BCUT2D eigenvalue weighted by atomic mass is 35.5. The molecule has 0 bridgehead atoms. The predicted octanol–water partition coefficient (Wildman–Crippen LogP) is 2.83. The first-order valence-corrected chi connectivity index (χ1v) is 7.32. The summed E-state index contributed by atoms with van der Waals surface area (Å²) in [5, 5.41) is 14.2. The molecule has 0 spiro atoms. The van der Waals surface area contributed by atoms with Gasteiger partial charge in [0.05, 0.1) is 5.92 Å². The summed E-state index contributed by atoms with van der Waals surface area (Å²) < 4.78 is 1.78. The highest BCUT2D eigenvalue weighted by Crippen LogP contribution is 2.16. The van der Waals surface area contributed by atoms with Crippen LogP contribution >= 0.6 is 11.6 Å². The van der Waals surface area contributed by atoms with Gasteiger partial charge in [-0.1, -0.05) is 30.7 Å². The lowest BCUT2D eigenvalue weighted by atomic mass is 9.96. The third-order valence-electron chi connectivity index (χ3n) is 3.30. The Kier molecular flexibility index (Phi) is 5.33. The van der Waals surface area contributed by atoms with Gasteiger partial charge in [-0.15, -0.1) is 0 Å². The number of aromatic nitrogens is 3. The minimum Gasteiger partial charge on any atom is -0.481 e. The average molecular weight is 308 g/mol. The largest absolute Gasteiger partial charge is 0.481 e. The van der Waals surface area contributed by atoms with E-state index in [1.165, 1.54) is 6.33 Å². The molecule has 0 aliphatic carbocycles. The molecule has 0 saturated carbocycles. The molecule has 6 heteroatoms. The second kappa shape index (κ2) is 7.22. The first-order chi connectivity index (χ1) is 10.1. The smallest absolute Gasteiger partial charge is 0.307 e. The first-order valence-electron chi connectivity index (χ1n) is 6.94. The third-order valence-corrected chi connectivity index (χ3v) is 3.56. The second-order valence-electron chi connectivity index (χ2n) is 4.97. The molecule has 0 fully saturated rings. The van der Waals surface area contributed by atoms with Gasteiger partial charge in [0, 0.05) is 18.0 Å². The predicted molar refractivity (Wildman–Crippen MR) is 80.3 cm³/mol. The van der Waals surface area contributed by atoms with Crippen LogP contribution in [-0.4, -0.2) is 25.8 Å². The van der Waals surface area contributed by atoms with E-state index in [1.807, 2.05) is 19.1 Å². The first kappa shape index (κ1) is 15.5. The van der Waals surface area contributed by atoms with E-state index in [0.29, 0.717) is 17.9 Å². The summed E-state index contributed by atoms with van der Waals surface area (Å²) in [7, 11) is 0. The van der Waals surface area contributed by atoms with Gasteiger partial charge in [-0.3, -0.25) is 9.48 Å². The van der Waals surface area contributed by atoms with Crippen LogP contribution in [0.1, 0.15) is 24.7 Å². The summed E-state index contributed by atoms with van der Waals surface area (Å²) in [6, 6.07) is 7.26. The van der Waals surface area contributed by atoms with Gasteiger partial charge in [0.15, 0.2) is 0 Å². The van der Waals surface area contributed by atoms with Crippen molar-refractivity contribution in [2.24, 2.45) is 5.92 Å². The van der Waals surface area contributed by atoms with Crippen molar-refractivity contribution in [2.45, 2.75) is 32.7 Å². The summed E-state index contributed by atoms with van der Waals surface area (Å²) in [4.78, 5) is 15.7. The van der Waals surface area contributed by atoms with E-state index < -0.39 is 11.9 Å². The molecule has 1 heterocycles. The summed E-state index contributed by atoms with van der Waals surface area (Å²) >= 11 is 5.84. The molecule has 0 radical (unpaired) electrons. The van der Waals surface area contributed by atoms with E-state index >= 15 is 0 Å². The number of carboxylic acid groups (broad SMARTS) is 1. The van der Waals surface area contributed by atoms with E-state index in [4.69, 9.17) is 11.6 Å². The molecule has 1 unspecified atom stereocenters. The molecular formula is C15H18ClN3O2. The van der Waals surface area contributed by atoms with Crippen LogP contribution in [0.15, 0.2) is 30.6 Å². The lowest BCUT2D eigenvalue weighted by Crippen LogP contribution is -2.21. The number of halogens is 1. The Morgan fingerprint density at radius 1 is 1.33 bits per heavy atom. The number of benzene rings is 1. The Morgan fingerprint density at radius 3 is 2.67 bits per heavy atom. The molecule has 2 rings (SSSR count). The van der Waals surface area contributed by atoms with Crippen LogP contribution in [0.5, 0.6) is 0 Å². The monoisotopic (exact) mass is 307 g/mol. The number of rotatable bonds is 7. The highest BCUT2D eigenvalue weighted by Gasteiger charge is 2.21. The van der Waals surface area contributed by atoms with Crippen molar-refractivity contribution >= 4 is 17.6 Å². The number of carboxylic acids is 1. The number of carbonyl (C=O) groups is 1. The fraction of sp³-hybridized carbons (Fsp3) is 0.400. The number of aliphatic carboxylic acids is 1. The molecule has 1 atom stereocenters. The van der Waals surface area contributed by atoms with Crippen molar-refractivity contribution in [1.29, 1.82) is 0 Å². The van der Waals surface area contributed by atoms with Crippen LogP contribution in [0.25, 0.3) is 0 Å². The zero-order valence-corrected chi connectivity index (χ0v) is 12.6. The Hall–Kier alpha value is -1.88. The molecular weight excluding hydrogens is 290 g/mol. The average Bonchev–Trinajstić information content (AvgIpc) is 2.88. The van der Waals surface area contributed by atoms with Gasteiger partial charge in [-0.05, 0) is 30.5 Å². The summed E-state index contributed by atoms with van der Waals surface area (Å²) in [6.45, 7) is 2.80. The van der Waals surface area contributed by atoms with Crippen LogP contribution < -0.4 is 0 Å². The Labute approximate surface area is 128 Å². The standard InChI is InChI=1S/C15H18ClN3O2/c1-2-7-19-14(17-10-18-19)9-12(15(20)21)8-11-3-5-13(16)6-4-11/h3-6,10,12H,2,7-9H2,1H3,(H,20,21). The third kappa shape index (κ3) is 4.29. The quantitative estimate of drug-likeness (QED) is 0.854. The highest BCUT2D eigenvalue weighted by molar-refractivity contribution is 6.30. The van der Waals surface area contributed by atoms with Crippen molar-refractivity contribution < 1.29 is 9.90 Å². The van der Waals surface area contributed by atoms with E-state index in [2.05, 4.69) is 10.1 Å². The van der Waals surface area contributed by atoms with Crippen LogP contribution in [0.2, 0.25) is 5.02 Å². The zero-order chi connectivity index (χ0) is 15.2. The van der Waals surface area contributed by atoms with Crippen LogP contribution in [0.4, 0.5) is 0 Å². The van der Waals surface area contributed by atoms with Crippen molar-refractivity contribution in [3.63, 3.8) is 0 Å². The Morgan fingerprint density at radius 2 is 2.05 bits per heavy atom. The molecule has 112 valence electrons. The molecule has 0 amide bonds. The van der Waals surface area contributed by atoms with Crippen LogP contribution in [-0.2, 0) is 24.2 Å². The molecule has 0 aliphatic heterocycles. The van der Waals surface area contributed by atoms with Crippen molar-refractivity contribution in [1.82, 2.24) is 14.8 Å². The van der Waals surface area contributed by atoms with Gasteiger partial charge in [0.25, 0.3) is 0 Å². The number of aryl methyl sites for hydroxylation is 1. The summed E-state index contributed by atoms with van der Waals surface area (Å²) in [6.07, 6.45) is 3.24. The Balaban J connectivity index is 2.10. The molecule has 1 aromatic carbocycles. The van der Waals surface area contributed by atoms with Gasteiger partial charge in [0.2, 0.25) is 0 Å². The number of nitrogens with zero attached hydrogens (tertiary/aromatic N) is 3. The van der Waals surface area contributed by atoms with E-state index in [-0.39, 0.29) is 0 Å². The number of hydrogen-bond donors (Lipinski definition) is 1. The maximum Gasteiger partial charge on any atom is 0.307 e. The second-order valence-corrected chi connectivity index (χ2v) is 5.41. The minimum absolute atomic E-state index is 0.373. The maximum atomic E-state index is 11.5. The van der Waals surface area contributed by atoms with Gasteiger partial charge >= 0.3 is 5.97 Å². The molecule has 2 aromatic rings. The summed E-state index contributed by atoms with van der Waals surface area (Å²) in [5.74, 6) is -0.625. The molecule has 21 heavy (non-hydrogen) atoms. The van der Waals surface area contributed by atoms with Gasteiger partial charge in [-0.2, -0.15) is 5.10 Å². The lowest BCUT2D eigenvalue weighted by molar-refractivity contribution is -0.141. The van der Waals surface area contributed by atoms with Crippen molar-refractivity contribution in [3.8, 4) is 0 Å². The molecule has 0 saturated heterocycles. The molecule has 1 aromatic heterocycles. The normalized spacial score (nSPS) is 12.3. The van der Waals surface area contributed by atoms with Gasteiger partial charge in [-0.25, -0.2) is 4.98 Å². The Bertz CT molecular complexity index is 595. The summed E-state index contributed by atoms with van der Waals surface area (Å²) in [5.41, 5.74) is 0.952.